The molecule has 0 atom stereocenters. The lowest BCUT2D eigenvalue weighted by Gasteiger charge is -2.12. The van der Waals surface area contributed by atoms with E-state index in [1.54, 1.807) is 36.4 Å². The third-order valence-corrected chi connectivity index (χ3v) is 4.18. The van der Waals surface area contributed by atoms with Crippen LogP contribution in [0.25, 0.3) is 11.1 Å². The zero-order valence-electron chi connectivity index (χ0n) is 11.7. The number of aliphatic carboxylic acids is 1. The Balaban J connectivity index is 2.01. The molecule has 0 aliphatic heterocycles. The van der Waals surface area contributed by atoms with Crippen LogP contribution < -0.4 is 5.73 Å². The van der Waals surface area contributed by atoms with E-state index >= 15 is 0 Å². The first kappa shape index (κ1) is 14.1. The number of anilines is 1. The van der Waals surface area contributed by atoms with Gasteiger partial charge in [0, 0.05) is 5.69 Å². The van der Waals surface area contributed by atoms with Gasteiger partial charge in [0.25, 0.3) is 0 Å². The van der Waals surface area contributed by atoms with Crippen molar-refractivity contribution in [2.45, 2.75) is 18.3 Å². The average molecular weight is 297 g/mol. The van der Waals surface area contributed by atoms with Crippen molar-refractivity contribution in [2.24, 2.45) is 0 Å². The molecule has 1 saturated carbocycles. The fraction of sp³-hybridized carbons (Fsp3) is 0.176. The van der Waals surface area contributed by atoms with Crippen LogP contribution in [0.3, 0.4) is 0 Å². The van der Waals surface area contributed by atoms with Crippen LogP contribution in [-0.4, -0.2) is 22.2 Å². The minimum atomic E-state index is -1.05. The number of carbonyl (C=O) groups is 2. The lowest BCUT2D eigenvalue weighted by atomic mass is 9.92. The van der Waals surface area contributed by atoms with E-state index in [0.717, 1.165) is 11.1 Å². The molecule has 3 rings (SSSR count). The summed E-state index contributed by atoms with van der Waals surface area (Å²) in [5.41, 5.74) is 7.45. The van der Waals surface area contributed by atoms with Gasteiger partial charge in [-0.25, -0.2) is 4.79 Å². The second-order valence-corrected chi connectivity index (χ2v) is 5.57. The number of hydrogen-bond acceptors (Lipinski definition) is 3. The molecule has 1 fully saturated rings. The molecule has 5 heteroatoms. The fourth-order valence-corrected chi connectivity index (χ4v) is 2.71. The van der Waals surface area contributed by atoms with Crippen molar-refractivity contribution in [2.75, 3.05) is 5.73 Å². The summed E-state index contributed by atoms with van der Waals surface area (Å²) in [5.74, 6) is -1.85. The topological polar surface area (TPSA) is 101 Å². The number of nitrogens with two attached hydrogens (primary N) is 1. The zero-order chi connectivity index (χ0) is 15.9. The second-order valence-electron chi connectivity index (χ2n) is 5.57. The van der Waals surface area contributed by atoms with Gasteiger partial charge in [-0.1, -0.05) is 30.3 Å². The van der Waals surface area contributed by atoms with Crippen molar-refractivity contribution in [3.63, 3.8) is 0 Å². The number of carboxylic acids is 2. The lowest BCUT2D eigenvalue weighted by Crippen LogP contribution is -2.19. The highest BCUT2D eigenvalue weighted by Crippen LogP contribution is 2.48. The van der Waals surface area contributed by atoms with E-state index in [4.69, 9.17) is 5.73 Å². The van der Waals surface area contributed by atoms with E-state index in [-0.39, 0.29) is 5.56 Å². The van der Waals surface area contributed by atoms with Crippen LogP contribution in [-0.2, 0) is 10.2 Å². The van der Waals surface area contributed by atoms with Gasteiger partial charge in [0.15, 0.2) is 0 Å². The normalized spacial score (nSPS) is 15.3. The molecule has 2 aromatic rings. The van der Waals surface area contributed by atoms with Crippen LogP contribution in [0, 0.1) is 0 Å². The first-order valence-corrected chi connectivity index (χ1v) is 6.91. The molecule has 1 aliphatic rings. The maximum Gasteiger partial charge on any atom is 0.336 e. The van der Waals surface area contributed by atoms with Gasteiger partial charge in [0.1, 0.15) is 0 Å². The summed E-state index contributed by atoms with van der Waals surface area (Å²) >= 11 is 0. The Morgan fingerprint density at radius 1 is 1.00 bits per heavy atom. The van der Waals surface area contributed by atoms with Gasteiger partial charge in [0.05, 0.1) is 11.0 Å². The summed E-state index contributed by atoms with van der Waals surface area (Å²) in [7, 11) is 0. The molecular weight excluding hydrogens is 282 g/mol. The van der Waals surface area contributed by atoms with Crippen LogP contribution in [0.4, 0.5) is 5.69 Å². The lowest BCUT2D eigenvalue weighted by molar-refractivity contribution is -0.140. The molecule has 0 radical (unpaired) electrons. The summed E-state index contributed by atoms with van der Waals surface area (Å²) in [4.78, 5) is 22.7. The highest BCUT2D eigenvalue weighted by molar-refractivity contribution is 5.97. The molecule has 0 bridgehead atoms. The van der Waals surface area contributed by atoms with Gasteiger partial charge in [-0.05, 0) is 41.7 Å². The SMILES string of the molecule is Nc1ccc(-c2ccc(C3(C(=O)O)CC3)cc2)c(C(=O)O)c1. The van der Waals surface area contributed by atoms with Crippen molar-refractivity contribution in [3.8, 4) is 11.1 Å². The van der Waals surface area contributed by atoms with E-state index in [0.29, 0.717) is 24.1 Å². The molecule has 0 heterocycles. The maximum atomic E-state index is 11.3. The molecule has 22 heavy (non-hydrogen) atoms. The molecule has 1 aliphatic carbocycles. The van der Waals surface area contributed by atoms with Gasteiger partial charge in [0.2, 0.25) is 0 Å². The summed E-state index contributed by atoms with van der Waals surface area (Å²) in [5, 5.41) is 18.6. The molecule has 4 N–H and O–H groups in total. The Bertz CT molecular complexity index is 761. The van der Waals surface area contributed by atoms with Gasteiger partial charge in [-0.3, -0.25) is 4.79 Å². The van der Waals surface area contributed by atoms with Crippen molar-refractivity contribution in [1.82, 2.24) is 0 Å². The van der Waals surface area contributed by atoms with Gasteiger partial charge < -0.3 is 15.9 Å². The van der Waals surface area contributed by atoms with Crippen LogP contribution in [0.2, 0.25) is 0 Å². The van der Waals surface area contributed by atoms with Crippen molar-refractivity contribution < 1.29 is 19.8 Å². The molecule has 0 aromatic heterocycles. The zero-order valence-corrected chi connectivity index (χ0v) is 11.7. The number of hydrogen-bond donors (Lipinski definition) is 3. The minimum absolute atomic E-state index is 0.132. The maximum absolute atomic E-state index is 11.3. The molecule has 0 unspecified atom stereocenters. The predicted molar refractivity (Wildman–Crippen MR) is 81.8 cm³/mol. The summed E-state index contributed by atoms with van der Waals surface area (Å²) in [6.45, 7) is 0. The van der Waals surface area contributed by atoms with Gasteiger partial charge in [-0.2, -0.15) is 0 Å². The van der Waals surface area contributed by atoms with Crippen LogP contribution >= 0.6 is 0 Å². The van der Waals surface area contributed by atoms with E-state index in [1.807, 2.05) is 0 Å². The van der Waals surface area contributed by atoms with Crippen LogP contribution in [0.1, 0.15) is 28.8 Å². The quantitative estimate of drug-likeness (QED) is 0.753. The van der Waals surface area contributed by atoms with E-state index in [9.17, 15) is 19.8 Å². The number of carboxylic acid groups (broad SMARTS) is 2. The molecule has 0 amide bonds. The van der Waals surface area contributed by atoms with E-state index in [2.05, 4.69) is 0 Å². The van der Waals surface area contributed by atoms with Crippen molar-refractivity contribution >= 4 is 17.6 Å². The molecule has 0 spiro atoms. The Morgan fingerprint density at radius 2 is 1.64 bits per heavy atom. The minimum Gasteiger partial charge on any atom is -0.481 e. The smallest absolute Gasteiger partial charge is 0.336 e. The average Bonchev–Trinajstić information content (AvgIpc) is 3.29. The first-order valence-electron chi connectivity index (χ1n) is 6.91. The monoisotopic (exact) mass is 297 g/mol. The molecular formula is C17H15NO4. The molecule has 0 saturated heterocycles. The number of benzene rings is 2. The van der Waals surface area contributed by atoms with Crippen molar-refractivity contribution in [1.29, 1.82) is 0 Å². The Kier molecular flexibility index (Phi) is 3.13. The Morgan fingerprint density at radius 3 is 2.14 bits per heavy atom. The first-order chi connectivity index (χ1) is 10.4. The fourth-order valence-electron chi connectivity index (χ4n) is 2.71. The largest absolute Gasteiger partial charge is 0.481 e. The van der Waals surface area contributed by atoms with E-state index in [1.165, 1.54) is 6.07 Å². The van der Waals surface area contributed by atoms with Gasteiger partial charge >= 0.3 is 11.9 Å². The van der Waals surface area contributed by atoms with Gasteiger partial charge in [-0.15, -0.1) is 0 Å². The molecule has 5 nitrogen and oxygen atoms in total. The summed E-state index contributed by atoms with van der Waals surface area (Å²) in [6, 6.07) is 11.8. The third-order valence-electron chi connectivity index (χ3n) is 4.18. The molecule has 112 valence electrons. The highest BCUT2D eigenvalue weighted by atomic mass is 16.4. The van der Waals surface area contributed by atoms with Crippen LogP contribution in [0.15, 0.2) is 42.5 Å². The Labute approximate surface area is 127 Å². The number of nitrogen functional groups attached to an aromatic ring is 1. The standard InChI is InChI=1S/C17H15NO4/c18-12-5-6-13(14(9-12)15(19)20)10-1-3-11(4-2-10)17(7-8-17)16(21)22/h1-6,9H,7-8,18H2,(H,19,20)(H,21,22). The number of aromatic carboxylic acids is 1. The highest BCUT2D eigenvalue weighted by Gasteiger charge is 2.51. The van der Waals surface area contributed by atoms with Crippen molar-refractivity contribution in [3.05, 3.63) is 53.6 Å². The predicted octanol–water partition coefficient (Wildman–Crippen LogP) is 2.75. The number of rotatable bonds is 4. The van der Waals surface area contributed by atoms with Crippen LogP contribution in [0.5, 0.6) is 0 Å². The molecule has 2 aromatic carbocycles. The second kappa shape index (κ2) is 4.87. The summed E-state index contributed by atoms with van der Waals surface area (Å²) < 4.78 is 0. The Hall–Kier alpha value is -2.82. The third kappa shape index (κ3) is 2.20. The summed E-state index contributed by atoms with van der Waals surface area (Å²) in [6.07, 6.45) is 1.29. The van der Waals surface area contributed by atoms with E-state index < -0.39 is 17.4 Å².